The van der Waals surface area contributed by atoms with E-state index < -0.39 is 0 Å². The van der Waals surface area contributed by atoms with Gasteiger partial charge in [0.15, 0.2) is 0 Å². The van der Waals surface area contributed by atoms with Crippen LogP contribution < -0.4 is 5.73 Å². The Bertz CT molecular complexity index is 240. The molecule has 0 aromatic heterocycles. The monoisotopic (exact) mass is 203 g/mol. The van der Waals surface area contributed by atoms with Crippen molar-refractivity contribution in [1.29, 1.82) is 0 Å². The topological polar surface area (TPSA) is 43.1 Å². The Morgan fingerprint density at radius 3 is 2.42 bits per heavy atom. The summed E-state index contributed by atoms with van der Waals surface area (Å²) in [4.78, 5) is 11.8. The Balaban J connectivity index is 0.00000121. The maximum absolute atomic E-state index is 10.8. The third kappa shape index (κ3) is 3.76. The first kappa shape index (κ1) is 11.5. The number of hydrogen-bond acceptors (Lipinski definition) is 3. The molecular formula is C8H10ClNOS. The maximum Gasteiger partial charge on any atom is 0.207 e. The number of nitrogens with two attached hydrogens (primary N) is 1. The van der Waals surface area contributed by atoms with Crippen molar-refractivity contribution in [3.63, 3.8) is 0 Å². The third-order valence-electron chi connectivity index (χ3n) is 1.14. The van der Waals surface area contributed by atoms with Crippen molar-refractivity contribution in [2.24, 2.45) is 5.73 Å². The molecule has 66 valence electrons. The lowest BCUT2D eigenvalue weighted by molar-refractivity contribution is -0.109. The molecule has 1 rings (SSSR count). The van der Waals surface area contributed by atoms with Gasteiger partial charge in [-0.1, -0.05) is 30.0 Å². The summed E-state index contributed by atoms with van der Waals surface area (Å²) in [7, 11) is 0. The molecule has 0 heterocycles. The van der Waals surface area contributed by atoms with Crippen molar-refractivity contribution in [3.05, 3.63) is 30.3 Å². The number of rotatable bonds is 2. The van der Waals surface area contributed by atoms with Crippen LogP contribution in [0.1, 0.15) is 0 Å². The van der Waals surface area contributed by atoms with Gasteiger partial charge in [0.2, 0.25) is 5.12 Å². The second kappa shape index (κ2) is 6.06. The second-order valence-electron chi connectivity index (χ2n) is 1.99. The van der Waals surface area contributed by atoms with Crippen molar-refractivity contribution in [2.45, 2.75) is 4.90 Å². The van der Waals surface area contributed by atoms with Crippen LogP contribution in [0.2, 0.25) is 0 Å². The molecule has 0 spiro atoms. The number of carbonyl (C=O) groups excluding carboxylic acids is 1. The second-order valence-corrected chi connectivity index (χ2v) is 3.12. The summed E-state index contributed by atoms with van der Waals surface area (Å²) in [6, 6.07) is 9.48. The van der Waals surface area contributed by atoms with Gasteiger partial charge >= 0.3 is 0 Å². The summed E-state index contributed by atoms with van der Waals surface area (Å²) in [5, 5.41) is -0.00352. The van der Waals surface area contributed by atoms with Crippen LogP contribution in [0, 0.1) is 0 Å². The number of benzene rings is 1. The van der Waals surface area contributed by atoms with Gasteiger partial charge in [0.1, 0.15) is 0 Å². The largest absolute Gasteiger partial charge is 0.323 e. The molecule has 0 atom stereocenters. The predicted molar refractivity (Wildman–Crippen MR) is 53.6 cm³/mol. The van der Waals surface area contributed by atoms with Crippen LogP contribution in [0.5, 0.6) is 0 Å². The summed E-state index contributed by atoms with van der Waals surface area (Å²) in [6.07, 6.45) is 0. The van der Waals surface area contributed by atoms with Crippen LogP contribution in [0.4, 0.5) is 0 Å². The highest BCUT2D eigenvalue weighted by Gasteiger charge is 1.99. The van der Waals surface area contributed by atoms with Crippen LogP contribution in [0.25, 0.3) is 0 Å². The molecule has 0 radical (unpaired) electrons. The quantitative estimate of drug-likeness (QED) is 0.744. The molecule has 0 amide bonds. The molecule has 0 aliphatic heterocycles. The molecule has 0 fully saturated rings. The van der Waals surface area contributed by atoms with Crippen LogP contribution in [-0.4, -0.2) is 11.7 Å². The summed E-state index contributed by atoms with van der Waals surface area (Å²) in [6.45, 7) is 0.0968. The van der Waals surface area contributed by atoms with E-state index in [0.29, 0.717) is 0 Å². The molecule has 0 saturated carbocycles. The van der Waals surface area contributed by atoms with E-state index in [9.17, 15) is 4.79 Å². The molecule has 1 aromatic rings. The molecule has 1 aromatic carbocycles. The molecule has 4 heteroatoms. The molecule has 12 heavy (non-hydrogen) atoms. The Morgan fingerprint density at radius 1 is 1.33 bits per heavy atom. The summed E-state index contributed by atoms with van der Waals surface area (Å²) in [5.74, 6) is 0. The Labute approximate surface area is 81.9 Å². The van der Waals surface area contributed by atoms with Gasteiger partial charge in [-0.15, -0.1) is 12.4 Å². The normalized spacial score (nSPS) is 8.75. The lowest BCUT2D eigenvalue weighted by Gasteiger charge is -1.95. The van der Waals surface area contributed by atoms with Gasteiger partial charge in [-0.3, -0.25) is 4.79 Å². The van der Waals surface area contributed by atoms with E-state index in [2.05, 4.69) is 0 Å². The van der Waals surface area contributed by atoms with Crippen LogP contribution in [-0.2, 0) is 4.79 Å². The number of thioether (sulfide) groups is 1. The molecular weight excluding hydrogens is 194 g/mol. The van der Waals surface area contributed by atoms with E-state index in [1.54, 1.807) is 0 Å². The Morgan fingerprint density at radius 2 is 1.92 bits per heavy atom. The minimum absolute atomic E-state index is 0. The smallest absolute Gasteiger partial charge is 0.207 e. The number of hydrogen-bond donors (Lipinski definition) is 1. The molecule has 0 aliphatic carbocycles. The van der Waals surface area contributed by atoms with Gasteiger partial charge in [0.05, 0.1) is 6.54 Å². The predicted octanol–water partition coefficient (Wildman–Crippen LogP) is 1.69. The molecule has 2 N–H and O–H groups in total. The molecule has 0 unspecified atom stereocenters. The number of halogens is 1. The van der Waals surface area contributed by atoms with Crippen LogP contribution >= 0.6 is 24.2 Å². The summed E-state index contributed by atoms with van der Waals surface area (Å²) < 4.78 is 0. The van der Waals surface area contributed by atoms with Crippen molar-refractivity contribution in [1.82, 2.24) is 0 Å². The average molecular weight is 204 g/mol. The van der Waals surface area contributed by atoms with Gasteiger partial charge < -0.3 is 5.73 Å². The lowest BCUT2D eigenvalue weighted by Crippen LogP contribution is -2.08. The Kier molecular flexibility index (Phi) is 5.80. The van der Waals surface area contributed by atoms with E-state index in [4.69, 9.17) is 5.73 Å². The fraction of sp³-hybridized carbons (Fsp3) is 0.125. The minimum atomic E-state index is -0.00352. The zero-order valence-corrected chi connectivity index (χ0v) is 8.03. The molecule has 2 nitrogen and oxygen atoms in total. The highest BCUT2D eigenvalue weighted by Crippen LogP contribution is 2.16. The van der Waals surface area contributed by atoms with E-state index in [0.717, 1.165) is 4.90 Å². The van der Waals surface area contributed by atoms with Gasteiger partial charge in [-0.25, -0.2) is 0 Å². The first-order chi connectivity index (χ1) is 5.33. The lowest BCUT2D eigenvalue weighted by atomic mass is 10.4. The van der Waals surface area contributed by atoms with Gasteiger partial charge in [0.25, 0.3) is 0 Å². The van der Waals surface area contributed by atoms with E-state index in [-0.39, 0.29) is 24.1 Å². The number of carbonyl (C=O) groups is 1. The van der Waals surface area contributed by atoms with Gasteiger partial charge in [-0.2, -0.15) is 0 Å². The summed E-state index contributed by atoms with van der Waals surface area (Å²) in [5.41, 5.74) is 5.15. The minimum Gasteiger partial charge on any atom is -0.323 e. The van der Waals surface area contributed by atoms with Crippen molar-refractivity contribution in [3.8, 4) is 0 Å². The Hall–Kier alpha value is -0.510. The zero-order chi connectivity index (χ0) is 8.10. The van der Waals surface area contributed by atoms with E-state index in [1.165, 1.54) is 11.8 Å². The molecule has 0 bridgehead atoms. The molecule has 0 saturated heterocycles. The van der Waals surface area contributed by atoms with E-state index in [1.807, 2.05) is 30.3 Å². The zero-order valence-electron chi connectivity index (χ0n) is 6.40. The maximum atomic E-state index is 10.8. The first-order valence-corrected chi connectivity index (χ1v) is 4.10. The van der Waals surface area contributed by atoms with Crippen LogP contribution in [0.3, 0.4) is 0 Å². The van der Waals surface area contributed by atoms with Gasteiger partial charge in [0, 0.05) is 4.90 Å². The fourth-order valence-corrected chi connectivity index (χ4v) is 1.30. The molecule has 0 aliphatic rings. The summed E-state index contributed by atoms with van der Waals surface area (Å²) >= 11 is 1.18. The highest BCUT2D eigenvalue weighted by molar-refractivity contribution is 8.13. The first-order valence-electron chi connectivity index (χ1n) is 3.28. The van der Waals surface area contributed by atoms with Crippen molar-refractivity contribution in [2.75, 3.05) is 6.54 Å². The van der Waals surface area contributed by atoms with E-state index >= 15 is 0 Å². The van der Waals surface area contributed by atoms with Crippen LogP contribution in [0.15, 0.2) is 35.2 Å². The SMILES string of the molecule is Cl.NCC(=O)Sc1ccccc1. The van der Waals surface area contributed by atoms with Gasteiger partial charge in [-0.05, 0) is 12.1 Å². The van der Waals surface area contributed by atoms with Crippen molar-refractivity contribution < 1.29 is 4.79 Å². The standard InChI is InChI=1S/C8H9NOS.ClH/c9-6-8(10)11-7-4-2-1-3-5-7;/h1-5H,6,9H2;1H. The average Bonchev–Trinajstić information content (AvgIpc) is 2.06. The third-order valence-corrected chi connectivity index (χ3v) is 2.04. The fourth-order valence-electron chi connectivity index (χ4n) is 0.662. The highest BCUT2D eigenvalue weighted by atomic mass is 35.5. The van der Waals surface area contributed by atoms with Crippen molar-refractivity contribution >= 4 is 29.3 Å².